The number of sulfonamides is 1. The van der Waals surface area contributed by atoms with Crippen LogP contribution in [0.25, 0.3) is 0 Å². The molecule has 0 atom stereocenters. The van der Waals surface area contributed by atoms with Crippen molar-refractivity contribution in [3.63, 3.8) is 0 Å². The average molecular weight is 304 g/mol. The summed E-state index contributed by atoms with van der Waals surface area (Å²) in [6.07, 6.45) is 1.75. The molecule has 0 radical (unpaired) electrons. The van der Waals surface area contributed by atoms with Crippen LogP contribution < -0.4 is 5.32 Å². The maximum Gasteiger partial charge on any atom is 0.252 e. The quantitative estimate of drug-likeness (QED) is 0.801. The van der Waals surface area contributed by atoms with Crippen LogP contribution in [0, 0.1) is 5.92 Å². The highest BCUT2D eigenvalue weighted by Gasteiger charge is 2.22. The van der Waals surface area contributed by atoms with E-state index in [2.05, 4.69) is 19.2 Å². The smallest absolute Gasteiger partial charge is 0.252 e. The number of hydrogen-bond acceptors (Lipinski definition) is 4. The Kier molecular flexibility index (Phi) is 6.46. The highest BCUT2D eigenvalue weighted by molar-refractivity contribution is 7.91. The van der Waals surface area contributed by atoms with Gasteiger partial charge in [0.15, 0.2) is 0 Å². The third-order valence-corrected chi connectivity index (χ3v) is 6.41. The lowest BCUT2D eigenvalue weighted by Gasteiger charge is -2.16. The fraction of sp³-hybridized carbons (Fsp3) is 0.692. The second kappa shape index (κ2) is 7.38. The Labute approximate surface area is 120 Å². The van der Waals surface area contributed by atoms with Crippen molar-refractivity contribution in [2.45, 2.75) is 30.9 Å². The number of thiophene rings is 1. The van der Waals surface area contributed by atoms with Crippen molar-refractivity contribution in [1.82, 2.24) is 9.62 Å². The van der Waals surface area contributed by atoms with Gasteiger partial charge in [0.25, 0.3) is 10.0 Å². The molecule has 0 spiro atoms. The molecule has 1 aromatic rings. The second-order valence-electron chi connectivity index (χ2n) is 5.08. The van der Waals surface area contributed by atoms with E-state index < -0.39 is 10.0 Å². The Balaban J connectivity index is 2.73. The Morgan fingerprint density at radius 3 is 2.63 bits per heavy atom. The van der Waals surface area contributed by atoms with Gasteiger partial charge >= 0.3 is 0 Å². The zero-order valence-electron chi connectivity index (χ0n) is 12.1. The highest BCUT2D eigenvalue weighted by atomic mass is 32.2. The number of nitrogens with zero attached hydrogens (tertiary/aromatic N) is 1. The molecule has 0 fully saturated rings. The van der Waals surface area contributed by atoms with Crippen LogP contribution in [-0.2, 0) is 16.4 Å². The Hall–Kier alpha value is -0.430. The van der Waals surface area contributed by atoms with Gasteiger partial charge in [0, 0.05) is 18.5 Å². The SMILES string of the molecule is CNCCc1ccc(S(=O)(=O)N(C)CCC(C)C)s1. The van der Waals surface area contributed by atoms with E-state index in [-0.39, 0.29) is 0 Å². The minimum absolute atomic E-state index is 0.449. The molecule has 4 nitrogen and oxygen atoms in total. The van der Waals surface area contributed by atoms with E-state index in [1.807, 2.05) is 13.1 Å². The Morgan fingerprint density at radius 1 is 1.37 bits per heavy atom. The van der Waals surface area contributed by atoms with Gasteiger partial charge in [0.2, 0.25) is 0 Å². The van der Waals surface area contributed by atoms with E-state index in [1.165, 1.54) is 15.6 Å². The van der Waals surface area contributed by atoms with Crippen molar-refractivity contribution in [3.05, 3.63) is 17.0 Å². The first-order valence-electron chi connectivity index (χ1n) is 6.57. The fourth-order valence-electron chi connectivity index (χ4n) is 1.59. The van der Waals surface area contributed by atoms with Gasteiger partial charge in [-0.1, -0.05) is 13.8 Å². The summed E-state index contributed by atoms with van der Waals surface area (Å²) in [4.78, 5) is 1.10. The van der Waals surface area contributed by atoms with E-state index in [0.29, 0.717) is 16.7 Å². The predicted octanol–water partition coefficient (Wildman–Crippen LogP) is 2.18. The summed E-state index contributed by atoms with van der Waals surface area (Å²) in [6, 6.07) is 3.63. The van der Waals surface area contributed by atoms with E-state index in [1.54, 1.807) is 13.1 Å². The lowest BCUT2D eigenvalue weighted by atomic mass is 10.1. The van der Waals surface area contributed by atoms with Crippen molar-refractivity contribution >= 4 is 21.4 Å². The molecule has 0 unspecified atom stereocenters. The third-order valence-electron chi connectivity index (χ3n) is 2.94. The summed E-state index contributed by atoms with van der Waals surface area (Å²) >= 11 is 1.37. The zero-order chi connectivity index (χ0) is 14.5. The summed E-state index contributed by atoms with van der Waals surface area (Å²) in [5, 5.41) is 3.07. The summed E-state index contributed by atoms with van der Waals surface area (Å²) in [6.45, 7) is 5.63. The molecule has 0 aliphatic rings. The van der Waals surface area contributed by atoms with Gasteiger partial charge < -0.3 is 5.32 Å². The third kappa shape index (κ3) is 4.87. The zero-order valence-corrected chi connectivity index (χ0v) is 13.8. The summed E-state index contributed by atoms with van der Waals surface area (Å²) < 4.78 is 26.6. The van der Waals surface area contributed by atoms with Crippen LogP contribution in [0.1, 0.15) is 25.1 Å². The van der Waals surface area contributed by atoms with Gasteiger partial charge in [-0.25, -0.2) is 12.7 Å². The maximum atomic E-state index is 12.4. The molecule has 0 bridgehead atoms. The monoisotopic (exact) mass is 304 g/mol. The van der Waals surface area contributed by atoms with Gasteiger partial charge in [-0.15, -0.1) is 11.3 Å². The summed E-state index contributed by atoms with van der Waals surface area (Å²) in [5.74, 6) is 0.507. The number of hydrogen-bond donors (Lipinski definition) is 1. The number of nitrogens with one attached hydrogen (secondary N) is 1. The molecule has 1 aromatic heterocycles. The average Bonchev–Trinajstić information content (AvgIpc) is 2.82. The number of rotatable bonds is 8. The van der Waals surface area contributed by atoms with Crippen LogP contribution >= 0.6 is 11.3 Å². The molecule has 0 saturated heterocycles. The topological polar surface area (TPSA) is 49.4 Å². The van der Waals surface area contributed by atoms with Crippen LogP contribution in [0.5, 0.6) is 0 Å². The van der Waals surface area contributed by atoms with Crippen LogP contribution in [-0.4, -0.2) is 39.9 Å². The molecular formula is C13H24N2O2S2. The molecule has 0 aliphatic heterocycles. The molecule has 19 heavy (non-hydrogen) atoms. The first-order chi connectivity index (χ1) is 8.87. The minimum Gasteiger partial charge on any atom is -0.319 e. The normalized spacial score (nSPS) is 12.5. The van der Waals surface area contributed by atoms with E-state index in [9.17, 15) is 8.42 Å². The van der Waals surface area contributed by atoms with Crippen LogP contribution in [0.2, 0.25) is 0 Å². The summed E-state index contributed by atoms with van der Waals surface area (Å²) in [7, 11) is 0.244. The molecule has 6 heteroatoms. The minimum atomic E-state index is -3.31. The van der Waals surface area contributed by atoms with Gasteiger partial charge in [0.1, 0.15) is 4.21 Å². The molecule has 110 valence electrons. The molecule has 0 aromatic carbocycles. The lowest BCUT2D eigenvalue weighted by Crippen LogP contribution is -2.28. The van der Waals surface area contributed by atoms with Crippen LogP contribution in [0.4, 0.5) is 0 Å². The Morgan fingerprint density at radius 2 is 2.05 bits per heavy atom. The standard InChI is InChI=1S/C13H24N2O2S2/c1-11(2)8-10-15(4)19(16,17)13-6-5-12(18-13)7-9-14-3/h5-6,11,14H,7-10H2,1-4H3. The van der Waals surface area contributed by atoms with Crippen LogP contribution in [0.3, 0.4) is 0 Å². The molecular weight excluding hydrogens is 280 g/mol. The van der Waals surface area contributed by atoms with Crippen molar-refractivity contribution in [3.8, 4) is 0 Å². The molecule has 1 rings (SSSR count). The lowest BCUT2D eigenvalue weighted by molar-refractivity contribution is 0.429. The van der Waals surface area contributed by atoms with Crippen LogP contribution in [0.15, 0.2) is 16.3 Å². The molecule has 1 heterocycles. The van der Waals surface area contributed by atoms with Gasteiger partial charge in [-0.2, -0.15) is 0 Å². The largest absolute Gasteiger partial charge is 0.319 e. The van der Waals surface area contributed by atoms with Crippen molar-refractivity contribution < 1.29 is 8.42 Å². The predicted molar refractivity (Wildman–Crippen MR) is 81.2 cm³/mol. The van der Waals surface area contributed by atoms with E-state index in [4.69, 9.17) is 0 Å². The van der Waals surface area contributed by atoms with Crippen molar-refractivity contribution in [2.24, 2.45) is 5.92 Å². The maximum absolute atomic E-state index is 12.4. The first-order valence-corrected chi connectivity index (χ1v) is 8.83. The van der Waals surface area contributed by atoms with Gasteiger partial charge in [-0.3, -0.25) is 0 Å². The van der Waals surface area contributed by atoms with Crippen molar-refractivity contribution in [1.29, 1.82) is 0 Å². The second-order valence-corrected chi connectivity index (χ2v) is 8.52. The molecule has 0 amide bonds. The molecule has 0 saturated carbocycles. The Bertz CT molecular complexity index is 481. The first kappa shape index (κ1) is 16.6. The van der Waals surface area contributed by atoms with Gasteiger partial charge in [0.05, 0.1) is 0 Å². The van der Waals surface area contributed by atoms with E-state index in [0.717, 1.165) is 24.3 Å². The van der Waals surface area contributed by atoms with E-state index >= 15 is 0 Å². The van der Waals surface area contributed by atoms with Crippen molar-refractivity contribution in [2.75, 3.05) is 27.2 Å². The molecule has 0 aliphatic carbocycles. The highest BCUT2D eigenvalue weighted by Crippen LogP contribution is 2.24. The number of likely N-dealkylation sites (N-methyl/N-ethyl adjacent to an activating group) is 1. The summed E-state index contributed by atoms with van der Waals surface area (Å²) in [5.41, 5.74) is 0. The molecule has 1 N–H and O–H groups in total. The fourth-order valence-corrected chi connectivity index (χ4v) is 4.34. The van der Waals surface area contributed by atoms with Gasteiger partial charge in [-0.05, 0) is 44.5 Å².